The van der Waals surface area contributed by atoms with E-state index in [0.29, 0.717) is 30.3 Å². The quantitative estimate of drug-likeness (QED) is 0.703. The van der Waals surface area contributed by atoms with Crippen LogP contribution in [0.4, 0.5) is 0 Å². The lowest BCUT2D eigenvalue weighted by Crippen LogP contribution is -2.37. The van der Waals surface area contributed by atoms with Crippen molar-refractivity contribution in [3.05, 3.63) is 53.1 Å². The van der Waals surface area contributed by atoms with Crippen LogP contribution in [0.15, 0.2) is 42.5 Å². The number of rotatable bonds is 8. The van der Waals surface area contributed by atoms with E-state index in [1.807, 2.05) is 6.92 Å². The molecule has 0 heterocycles. The first-order valence-corrected chi connectivity index (χ1v) is 8.55. The minimum atomic E-state index is -0.159. The van der Waals surface area contributed by atoms with Crippen LogP contribution in [0.25, 0.3) is 0 Å². The standard InChI is InChI=1S/C19H22ClNO4/c1-2-10-21(11-9-14-7-8-16(22)17(23)12-14)19(24)13-25-18-6-4-3-5-15(18)20/h3-8,12,22-23H,2,9-11,13H2,1H3. The van der Waals surface area contributed by atoms with Gasteiger partial charge in [0.2, 0.25) is 0 Å². The van der Waals surface area contributed by atoms with Gasteiger partial charge >= 0.3 is 0 Å². The molecule has 0 atom stereocenters. The van der Waals surface area contributed by atoms with Gasteiger partial charge in [0.1, 0.15) is 5.75 Å². The molecule has 0 aliphatic heterocycles. The predicted octanol–water partition coefficient (Wildman–Crippen LogP) is 3.61. The second-order valence-electron chi connectivity index (χ2n) is 5.67. The van der Waals surface area contributed by atoms with Crippen LogP contribution >= 0.6 is 11.6 Å². The average Bonchev–Trinajstić information content (AvgIpc) is 2.60. The van der Waals surface area contributed by atoms with Crippen molar-refractivity contribution in [3.8, 4) is 17.2 Å². The molecule has 2 rings (SSSR count). The zero-order valence-electron chi connectivity index (χ0n) is 14.1. The number of para-hydroxylation sites is 1. The van der Waals surface area contributed by atoms with Gasteiger partial charge in [0, 0.05) is 13.1 Å². The number of halogens is 1. The van der Waals surface area contributed by atoms with Gasteiger partial charge < -0.3 is 19.8 Å². The summed E-state index contributed by atoms with van der Waals surface area (Å²) in [4.78, 5) is 14.2. The molecule has 0 fully saturated rings. The normalized spacial score (nSPS) is 10.5. The monoisotopic (exact) mass is 363 g/mol. The molecule has 0 saturated heterocycles. The molecule has 25 heavy (non-hydrogen) atoms. The summed E-state index contributed by atoms with van der Waals surface area (Å²) in [6.07, 6.45) is 1.41. The fourth-order valence-electron chi connectivity index (χ4n) is 2.41. The summed E-state index contributed by atoms with van der Waals surface area (Å²) in [7, 11) is 0. The minimum Gasteiger partial charge on any atom is -0.504 e. The lowest BCUT2D eigenvalue weighted by Gasteiger charge is -2.22. The Hall–Kier alpha value is -2.40. The third-order valence-electron chi connectivity index (χ3n) is 3.74. The Bertz CT molecular complexity index is 720. The molecule has 0 spiro atoms. The lowest BCUT2D eigenvalue weighted by molar-refractivity contribution is -0.133. The van der Waals surface area contributed by atoms with Gasteiger partial charge in [0.15, 0.2) is 18.1 Å². The number of ether oxygens (including phenoxy) is 1. The van der Waals surface area contributed by atoms with Gasteiger partial charge in [-0.05, 0) is 42.7 Å². The Labute approximate surface area is 152 Å². The lowest BCUT2D eigenvalue weighted by atomic mass is 10.1. The molecule has 6 heteroatoms. The highest BCUT2D eigenvalue weighted by Crippen LogP contribution is 2.25. The van der Waals surface area contributed by atoms with Crippen LogP contribution in [-0.2, 0) is 11.2 Å². The van der Waals surface area contributed by atoms with E-state index in [4.69, 9.17) is 16.3 Å². The highest BCUT2D eigenvalue weighted by atomic mass is 35.5. The molecular formula is C19H22ClNO4. The van der Waals surface area contributed by atoms with Crippen LogP contribution in [0.2, 0.25) is 5.02 Å². The van der Waals surface area contributed by atoms with Crippen LogP contribution in [0, 0.1) is 0 Å². The summed E-state index contributed by atoms with van der Waals surface area (Å²) in [6.45, 7) is 3.05. The molecule has 1 amide bonds. The molecule has 2 N–H and O–H groups in total. The van der Waals surface area contributed by atoms with Crippen molar-refractivity contribution in [2.45, 2.75) is 19.8 Å². The van der Waals surface area contributed by atoms with E-state index >= 15 is 0 Å². The fourth-order valence-corrected chi connectivity index (χ4v) is 2.60. The fraction of sp³-hybridized carbons (Fsp3) is 0.316. The maximum Gasteiger partial charge on any atom is 0.260 e. The number of nitrogens with zero attached hydrogens (tertiary/aromatic N) is 1. The molecule has 0 aromatic heterocycles. The summed E-state index contributed by atoms with van der Waals surface area (Å²) < 4.78 is 5.52. The minimum absolute atomic E-state index is 0.0788. The van der Waals surface area contributed by atoms with E-state index in [2.05, 4.69) is 0 Å². The Morgan fingerprint density at radius 1 is 1.12 bits per heavy atom. The number of hydrogen-bond donors (Lipinski definition) is 2. The molecule has 0 aliphatic rings. The SMILES string of the molecule is CCCN(CCc1ccc(O)c(O)c1)C(=O)COc1ccccc1Cl. The van der Waals surface area contributed by atoms with Gasteiger partial charge in [-0.25, -0.2) is 0 Å². The number of hydrogen-bond acceptors (Lipinski definition) is 4. The molecule has 5 nitrogen and oxygen atoms in total. The van der Waals surface area contributed by atoms with E-state index in [1.165, 1.54) is 12.1 Å². The van der Waals surface area contributed by atoms with Crippen molar-refractivity contribution >= 4 is 17.5 Å². The Balaban J connectivity index is 1.93. The van der Waals surface area contributed by atoms with Crippen LogP contribution in [0.1, 0.15) is 18.9 Å². The van der Waals surface area contributed by atoms with Crippen molar-refractivity contribution in [3.63, 3.8) is 0 Å². The summed E-state index contributed by atoms with van der Waals surface area (Å²) in [5, 5.41) is 19.4. The van der Waals surface area contributed by atoms with E-state index in [9.17, 15) is 15.0 Å². The van der Waals surface area contributed by atoms with Crippen LogP contribution in [0.3, 0.4) is 0 Å². The van der Waals surface area contributed by atoms with Gasteiger partial charge in [-0.2, -0.15) is 0 Å². The third kappa shape index (κ3) is 5.57. The molecule has 2 aromatic rings. The average molecular weight is 364 g/mol. The Morgan fingerprint density at radius 3 is 2.56 bits per heavy atom. The first-order valence-electron chi connectivity index (χ1n) is 8.17. The zero-order valence-corrected chi connectivity index (χ0v) is 14.9. The molecule has 2 aromatic carbocycles. The maximum atomic E-state index is 12.4. The number of aromatic hydroxyl groups is 2. The molecule has 0 unspecified atom stereocenters. The summed E-state index contributed by atoms with van der Waals surface area (Å²) in [5.74, 6) is 0.0495. The van der Waals surface area contributed by atoms with Gasteiger partial charge in [0.05, 0.1) is 5.02 Å². The number of amides is 1. The third-order valence-corrected chi connectivity index (χ3v) is 4.06. The Kier molecular flexibility index (Phi) is 6.95. The summed E-state index contributed by atoms with van der Waals surface area (Å²) in [5.41, 5.74) is 0.844. The van der Waals surface area contributed by atoms with Crippen LogP contribution in [0.5, 0.6) is 17.2 Å². The largest absolute Gasteiger partial charge is 0.504 e. The summed E-state index contributed by atoms with van der Waals surface area (Å²) in [6, 6.07) is 11.7. The molecule has 0 aliphatic carbocycles. The number of phenols is 2. The second-order valence-corrected chi connectivity index (χ2v) is 6.08. The molecule has 0 radical (unpaired) electrons. The highest BCUT2D eigenvalue weighted by molar-refractivity contribution is 6.32. The smallest absolute Gasteiger partial charge is 0.260 e. The molecular weight excluding hydrogens is 342 g/mol. The molecule has 0 bridgehead atoms. The van der Waals surface area contributed by atoms with Crippen molar-refractivity contribution < 1.29 is 19.7 Å². The number of phenolic OH excluding ortho intramolecular Hbond substituents is 2. The molecule has 0 saturated carbocycles. The van der Waals surface area contributed by atoms with E-state index in [0.717, 1.165) is 12.0 Å². The first kappa shape index (κ1) is 18.9. The predicted molar refractivity (Wildman–Crippen MR) is 97.3 cm³/mol. The molecule has 134 valence electrons. The van der Waals surface area contributed by atoms with Gasteiger partial charge in [-0.15, -0.1) is 0 Å². The highest BCUT2D eigenvalue weighted by Gasteiger charge is 2.14. The topological polar surface area (TPSA) is 70.0 Å². The van der Waals surface area contributed by atoms with Gasteiger partial charge in [-0.3, -0.25) is 4.79 Å². The van der Waals surface area contributed by atoms with Gasteiger partial charge in [-0.1, -0.05) is 36.7 Å². The second kappa shape index (κ2) is 9.18. The Morgan fingerprint density at radius 2 is 1.88 bits per heavy atom. The van der Waals surface area contributed by atoms with Crippen molar-refractivity contribution in [2.75, 3.05) is 19.7 Å². The van der Waals surface area contributed by atoms with E-state index < -0.39 is 0 Å². The van der Waals surface area contributed by atoms with Gasteiger partial charge in [0.25, 0.3) is 5.91 Å². The number of benzene rings is 2. The zero-order chi connectivity index (χ0) is 18.2. The van der Waals surface area contributed by atoms with Crippen molar-refractivity contribution in [1.29, 1.82) is 0 Å². The van der Waals surface area contributed by atoms with E-state index in [1.54, 1.807) is 35.2 Å². The number of carbonyl (C=O) groups excluding carboxylic acids is 1. The maximum absolute atomic E-state index is 12.4. The van der Waals surface area contributed by atoms with E-state index in [-0.39, 0.29) is 24.0 Å². The van der Waals surface area contributed by atoms with Crippen LogP contribution in [-0.4, -0.2) is 40.7 Å². The summed E-state index contributed by atoms with van der Waals surface area (Å²) >= 11 is 6.02. The van der Waals surface area contributed by atoms with Crippen molar-refractivity contribution in [2.24, 2.45) is 0 Å². The number of carbonyl (C=O) groups is 1. The van der Waals surface area contributed by atoms with Crippen LogP contribution < -0.4 is 4.74 Å². The van der Waals surface area contributed by atoms with Crippen molar-refractivity contribution in [1.82, 2.24) is 4.90 Å². The first-order chi connectivity index (χ1) is 12.0.